The summed E-state index contributed by atoms with van der Waals surface area (Å²) >= 11 is 0. The van der Waals surface area contributed by atoms with E-state index < -0.39 is 0 Å². The van der Waals surface area contributed by atoms with Crippen molar-refractivity contribution in [3.8, 4) is 23.0 Å². The summed E-state index contributed by atoms with van der Waals surface area (Å²) in [6, 6.07) is 15.3. The minimum atomic E-state index is -0.292. The predicted octanol–water partition coefficient (Wildman–Crippen LogP) is 3.43. The molecule has 0 spiro atoms. The molecule has 2 aromatic carbocycles. The van der Waals surface area contributed by atoms with Crippen LogP contribution in [0.25, 0.3) is 11.5 Å². The molecule has 33 heavy (non-hydrogen) atoms. The second kappa shape index (κ2) is 10.8. The molecule has 1 amide bonds. The molecule has 3 aromatic rings. The molecule has 1 N–H and O–H groups in total. The van der Waals surface area contributed by atoms with Crippen LogP contribution in [0.2, 0.25) is 0 Å². The molecule has 0 radical (unpaired) electrons. The van der Waals surface area contributed by atoms with Crippen molar-refractivity contribution < 1.29 is 23.4 Å². The first-order valence-corrected chi connectivity index (χ1v) is 10.9. The van der Waals surface area contributed by atoms with E-state index in [0.29, 0.717) is 49.5 Å². The summed E-state index contributed by atoms with van der Waals surface area (Å²) in [5, 5.41) is 11.3. The summed E-state index contributed by atoms with van der Waals surface area (Å²) in [6.07, 6.45) is 0.441. The Morgan fingerprint density at radius 2 is 2.03 bits per heavy atom. The minimum absolute atomic E-state index is 0.120. The fraction of sp³-hybridized carbons (Fsp3) is 0.375. The van der Waals surface area contributed by atoms with Crippen LogP contribution in [0.4, 0.5) is 4.79 Å². The Morgan fingerprint density at radius 1 is 1.18 bits per heavy atom. The number of ether oxygens (including phenoxy) is 3. The number of aromatic nitrogens is 2. The molecule has 9 nitrogen and oxygen atoms in total. The van der Waals surface area contributed by atoms with Gasteiger partial charge in [-0.25, -0.2) is 4.79 Å². The molecule has 0 saturated carbocycles. The molecule has 1 aromatic heterocycles. The maximum atomic E-state index is 12.5. The lowest BCUT2D eigenvalue weighted by Gasteiger charge is -2.33. The summed E-state index contributed by atoms with van der Waals surface area (Å²) in [5.41, 5.74) is 1.73. The van der Waals surface area contributed by atoms with Gasteiger partial charge in [-0.2, -0.15) is 0 Å². The molecular weight excluding hydrogens is 424 g/mol. The maximum absolute atomic E-state index is 12.5. The van der Waals surface area contributed by atoms with E-state index in [0.717, 1.165) is 17.5 Å². The van der Waals surface area contributed by atoms with Crippen molar-refractivity contribution in [1.82, 2.24) is 20.4 Å². The zero-order chi connectivity index (χ0) is 23.0. The molecular formula is C24H28N4O5. The molecule has 0 aliphatic carbocycles. The van der Waals surface area contributed by atoms with E-state index in [4.69, 9.17) is 18.6 Å². The molecule has 0 bridgehead atoms. The normalized spacial score (nSPS) is 15.8. The van der Waals surface area contributed by atoms with E-state index in [1.165, 1.54) is 0 Å². The van der Waals surface area contributed by atoms with Crippen LogP contribution in [-0.4, -0.2) is 60.6 Å². The first-order chi connectivity index (χ1) is 16.1. The summed E-state index contributed by atoms with van der Waals surface area (Å²) in [5.74, 6) is 2.16. The molecule has 2 heterocycles. The van der Waals surface area contributed by atoms with E-state index in [1.807, 2.05) is 48.5 Å². The fourth-order valence-corrected chi connectivity index (χ4v) is 3.64. The summed E-state index contributed by atoms with van der Waals surface area (Å²) < 4.78 is 22.4. The number of hydrogen-bond donors (Lipinski definition) is 1. The number of carbonyl (C=O) groups is 1. The second-order valence-electron chi connectivity index (χ2n) is 7.77. The first kappa shape index (κ1) is 22.6. The van der Waals surface area contributed by atoms with Gasteiger partial charge in [-0.05, 0) is 30.2 Å². The van der Waals surface area contributed by atoms with Gasteiger partial charge in [0.1, 0.15) is 6.61 Å². The van der Waals surface area contributed by atoms with E-state index in [-0.39, 0.29) is 18.7 Å². The lowest BCUT2D eigenvalue weighted by atomic mass is 10.1. The molecule has 1 fully saturated rings. The number of aryl methyl sites for hydroxylation is 1. The lowest BCUT2D eigenvalue weighted by molar-refractivity contribution is 0.0827. The summed E-state index contributed by atoms with van der Waals surface area (Å²) in [6.45, 7) is 4.40. The molecule has 9 heteroatoms. The number of methoxy groups -OCH3 is 1. The highest BCUT2D eigenvalue weighted by Gasteiger charge is 2.24. The molecule has 1 saturated heterocycles. The van der Waals surface area contributed by atoms with Crippen molar-refractivity contribution in [2.45, 2.75) is 26.0 Å². The Labute approximate surface area is 192 Å². The second-order valence-corrected chi connectivity index (χ2v) is 7.77. The number of nitrogens with one attached hydrogen (secondary N) is 1. The van der Waals surface area contributed by atoms with Gasteiger partial charge in [-0.15, -0.1) is 10.2 Å². The number of rotatable bonds is 8. The Kier molecular flexibility index (Phi) is 7.41. The monoisotopic (exact) mass is 452 g/mol. The van der Waals surface area contributed by atoms with Crippen molar-refractivity contribution in [2.75, 3.05) is 33.4 Å². The summed E-state index contributed by atoms with van der Waals surface area (Å²) in [7, 11) is 1.59. The van der Waals surface area contributed by atoms with Crippen LogP contribution in [0.15, 0.2) is 52.9 Å². The van der Waals surface area contributed by atoms with Crippen LogP contribution in [0.1, 0.15) is 17.9 Å². The molecule has 4 rings (SSSR count). The van der Waals surface area contributed by atoms with E-state index in [1.54, 1.807) is 18.9 Å². The molecule has 1 aliphatic rings. The van der Waals surface area contributed by atoms with Gasteiger partial charge in [0.15, 0.2) is 11.5 Å². The smallest absolute Gasteiger partial charge is 0.410 e. The van der Waals surface area contributed by atoms with Crippen molar-refractivity contribution >= 4 is 6.09 Å². The molecule has 1 atom stereocenters. The fourth-order valence-electron chi connectivity index (χ4n) is 3.64. The zero-order valence-electron chi connectivity index (χ0n) is 18.8. The number of carbonyl (C=O) groups excluding carboxylic acids is 1. The third-order valence-electron chi connectivity index (χ3n) is 5.38. The highest BCUT2D eigenvalue weighted by Crippen LogP contribution is 2.32. The predicted molar refractivity (Wildman–Crippen MR) is 121 cm³/mol. The van der Waals surface area contributed by atoms with Crippen LogP contribution in [0.5, 0.6) is 11.5 Å². The number of piperazine rings is 1. The summed E-state index contributed by atoms with van der Waals surface area (Å²) in [4.78, 5) is 14.2. The van der Waals surface area contributed by atoms with Gasteiger partial charge in [0, 0.05) is 38.2 Å². The van der Waals surface area contributed by atoms with Gasteiger partial charge in [0.2, 0.25) is 11.8 Å². The Bertz CT molecular complexity index is 1060. The SMILES string of the molecule is COc1cc(-c2nnc(C)o2)ccc1OCC[C@@H]1CN(C(=O)OCc2ccccc2)CCN1. The van der Waals surface area contributed by atoms with Gasteiger partial charge in [0.25, 0.3) is 0 Å². The van der Waals surface area contributed by atoms with Crippen LogP contribution >= 0.6 is 0 Å². The third-order valence-corrected chi connectivity index (χ3v) is 5.38. The van der Waals surface area contributed by atoms with Gasteiger partial charge < -0.3 is 28.8 Å². The van der Waals surface area contributed by atoms with Crippen LogP contribution < -0.4 is 14.8 Å². The number of hydrogen-bond acceptors (Lipinski definition) is 8. The van der Waals surface area contributed by atoms with Gasteiger partial charge in [-0.1, -0.05) is 30.3 Å². The Balaban J connectivity index is 1.26. The largest absolute Gasteiger partial charge is 0.493 e. The van der Waals surface area contributed by atoms with Crippen molar-refractivity contribution in [2.24, 2.45) is 0 Å². The first-order valence-electron chi connectivity index (χ1n) is 10.9. The third kappa shape index (κ3) is 6.01. The van der Waals surface area contributed by atoms with E-state index >= 15 is 0 Å². The van der Waals surface area contributed by atoms with Gasteiger partial charge >= 0.3 is 6.09 Å². The van der Waals surface area contributed by atoms with Crippen LogP contribution in [-0.2, 0) is 11.3 Å². The number of nitrogens with zero attached hydrogens (tertiary/aromatic N) is 3. The Hall–Kier alpha value is -3.59. The molecule has 0 unspecified atom stereocenters. The van der Waals surface area contributed by atoms with Crippen molar-refractivity contribution in [1.29, 1.82) is 0 Å². The standard InChI is InChI=1S/C24H28N4O5/c1-17-26-27-23(33-17)19-8-9-21(22(14-19)30-2)31-13-10-20-15-28(12-11-25-20)24(29)32-16-18-6-4-3-5-7-18/h3-9,14,20,25H,10-13,15-16H2,1-2H3/t20-/m1/s1. The quantitative estimate of drug-likeness (QED) is 0.555. The maximum Gasteiger partial charge on any atom is 0.410 e. The minimum Gasteiger partial charge on any atom is -0.493 e. The highest BCUT2D eigenvalue weighted by molar-refractivity contribution is 5.67. The van der Waals surface area contributed by atoms with Crippen molar-refractivity contribution in [3.63, 3.8) is 0 Å². The number of amides is 1. The topological polar surface area (TPSA) is 99.0 Å². The van der Waals surface area contributed by atoms with Gasteiger partial charge in [-0.3, -0.25) is 0 Å². The Morgan fingerprint density at radius 3 is 2.79 bits per heavy atom. The highest BCUT2D eigenvalue weighted by atomic mass is 16.6. The zero-order valence-corrected chi connectivity index (χ0v) is 18.8. The molecule has 174 valence electrons. The van der Waals surface area contributed by atoms with E-state index in [9.17, 15) is 4.79 Å². The lowest BCUT2D eigenvalue weighted by Crippen LogP contribution is -2.53. The average molecular weight is 453 g/mol. The average Bonchev–Trinajstić information content (AvgIpc) is 3.29. The van der Waals surface area contributed by atoms with E-state index in [2.05, 4.69) is 15.5 Å². The van der Waals surface area contributed by atoms with Crippen LogP contribution in [0.3, 0.4) is 0 Å². The number of benzene rings is 2. The van der Waals surface area contributed by atoms with Gasteiger partial charge in [0.05, 0.1) is 13.7 Å². The van der Waals surface area contributed by atoms with Crippen molar-refractivity contribution in [3.05, 3.63) is 60.0 Å². The molecule has 1 aliphatic heterocycles. The van der Waals surface area contributed by atoms with Crippen LogP contribution in [0, 0.1) is 6.92 Å².